The first-order valence-corrected chi connectivity index (χ1v) is 6.23. The fraction of sp³-hybridized carbons (Fsp3) is 0.833. The predicted molar refractivity (Wildman–Crippen MR) is 66.3 cm³/mol. The van der Waals surface area contributed by atoms with E-state index in [1.165, 1.54) is 0 Å². The molecule has 6 heteroatoms. The molecule has 18 heavy (non-hydrogen) atoms. The molecule has 6 nitrogen and oxygen atoms in total. The Hall–Kier alpha value is -1.14. The van der Waals surface area contributed by atoms with Crippen molar-refractivity contribution in [3.8, 4) is 0 Å². The van der Waals surface area contributed by atoms with E-state index in [1.54, 1.807) is 12.0 Å². The first kappa shape index (κ1) is 14.9. The van der Waals surface area contributed by atoms with Crippen LogP contribution in [0.15, 0.2) is 0 Å². The molecule has 2 N–H and O–H groups in total. The van der Waals surface area contributed by atoms with Gasteiger partial charge in [-0.1, -0.05) is 0 Å². The molecule has 1 fully saturated rings. The van der Waals surface area contributed by atoms with Crippen molar-refractivity contribution in [1.82, 2.24) is 10.2 Å². The molecule has 1 rings (SSSR count). The molecule has 1 unspecified atom stereocenters. The van der Waals surface area contributed by atoms with Gasteiger partial charge in [-0.25, -0.2) is 0 Å². The van der Waals surface area contributed by atoms with Crippen molar-refractivity contribution in [2.24, 2.45) is 5.92 Å². The number of aliphatic carboxylic acids is 1. The molecule has 0 aromatic heterocycles. The first-order chi connectivity index (χ1) is 8.51. The minimum Gasteiger partial charge on any atom is -0.480 e. The molecule has 0 spiro atoms. The Kier molecular flexibility index (Phi) is 6.07. The Balaban J connectivity index is 2.33. The zero-order valence-electron chi connectivity index (χ0n) is 11.0. The Bertz CT molecular complexity index is 292. The van der Waals surface area contributed by atoms with Crippen molar-refractivity contribution in [3.05, 3.63) is 0 Å². The van der Waals surface area contributed by atoms with E-state index in [0.717, 1.165) is 12.8 Å². The van der Waals surface area contributed by atoms with Gasteiger partial charge >= 0.3 is 5.97 Å². The summed E-state index contributed by atoms with van der Waals surface area (Å²) in [6, 6.07) is -0.0601. The number of ether oxygens (including phenoxy) is 1. The van der Waals surface area contributed by atoms with Gasteiger partial charge in [-0.05, 0) is 25.7 Å². The topological polar surface area (TPSA) is 78.9 Å². The molecule has 0 aromatic rings. The molecule has 1 aliphatic carbocycles. The van der Waals surface area contributed by atoms with Crippen LogP contribution in [0.4, 0.5) is 0 Å². The molecule has 0 aromatic carbocycles. The van der Waals surface area contributed by atoms with Crippen LogP contribution in [0.2, 0.25) is 0 Å². The van der Waals surface area contributed by atoms with E-state index in [9.17, 15) is 9.59 Å². The lowest BCUT2D eigenvalue weighted by atomic mass is 10.3. The van der Waals surface area contributed by atoms with E-state index in [2.05, 4.69) is 5.32 Å². The van der Waals surface area contributed by atoms with Gasteiger partial charge in [0.2, 0.25) is 5.91 Å². The van der Waals surface area contributed by atoms with E-state index < -0.39 is 5.97 Å². The largest absolute Gasteiger partial charge is 0.480 e. The molecular weight excluding hydrogens is 236 g/mol. The summed E-state index contributed by atoms with van der Waals surface area (Å²) in [5.41, 5.74) is 0. The van der Waals surface area contributed by atoms with Gasteiger partial charge in [0.1, 0.15) is 0 Å². The van der Waals surface area contributed by atoms with Crippen LogP contribution in [0.3, 0.4) is 0 Å². The van der Waals surface area contributed by atoms with Gasteiger partial charge in [0.15, 0.2) is 0 Å². The second kappa shape index (κ2) is 7.33. The average Bonchev–Trinajstić information content (AvgIpc) is 2.99. The average molecular weight is 258 g/mol. The fourth-order valence-electron chi connectivity index (χ4n) is 1.86. The highest BCUT2D eigenvalue weighted by molar-refractivity contribution is 5.79. The highest BCUT2D eigenvalue weighted by Crippen LogP contribution is 2.29. The molecule has 0 heterocycles. The van der Waals surface area contributed by atoms with Crippen LogP contribution in [0, 0.1) is 5.92 Å². The molecule has 0 radical (unpaired) electrons. The number of rotatable bonds is 9. The number of nitrogens with zero attached hydrogens (tertiary/aromatic N) is 1. The van der Waals surface area contributed by atoms with Crippen molar-refractivity contribution < 1.29 is 19.4 Å². The number of hydrogen-bond acceptors (Lipinski definition) is 4. The number of carboxylic acid groups (broad SMARTS) is 1. The van der Waals surface area contributed by atoms with Gasteiger partial charge in [0.25, 0.3) is 0 Å². The fourth-order valence-corrected chi connectivity index (χ4v) is 1.86. The lowest BCUT2D eigenvalue weighted by Crippen LogP contribution is -2.44. The number of hydrogen-bond donors (Lipinski definition) is 2. The quantitative estimate of drug-likeness (QED) is 0.605. The van der Waals surface area contributed by atoms with Crippen LogP contribution < -0.4 is 5.32 Å². The standard InChI is InChI=1S/C12H22N2O4/c1-9(8-18-2)13-11(15)6-14(7-12(16)17)5-10-3-4-10/h9-10H,3-8H2,1-2H3,(H,13,15)(H,16,17). The maximum absolute atomic E-state index is 11.7. The molecule has 104 valence electrons. The van der Waals surface area contributed by atoms with Crippen molar-refractivity contribution >= 4 is 11.9 Å². The summed E-state index contributed by atoms with van der Waals surface area (Å²) in [6.45, 7) is 3.05. The molecule has 1 aliphatic rings. The van der Waals surface area contributed by atoms with Gasteiger partial charge in [-0.2, -0.15) is 0 Å². The van der Waals surface area contributed by atoms with Crippen LogP contribution in [0.25, 0.3) is 0 Å². The number of carbonyl (C=O) groups is 2. The second-order valence-electron chi connectivity index (χ2n) is 4.93. The third kappa shape index (κ3) is 6.56. The minimum absolute atomic E-state index is 0.0601. The molecule has 0 aliphatic heterocycles. The highest BCUT2D eigenvalue weighted by atomic mass is 16.5. The van der Waals surface area contributed by atoms with Crippen molar-refractivity contribution in [2.45, 2.75) is 25.8 Å². The summed E-state index contributed by atoms with van der Waals surface area (Å²) < 4.78 is 4.93. The molecule has 0 bridgehead atoms. The van der Waals surface area contributed by atoms with Crippen LogP contribution in [0.1, 0.15) is 19.8 Å². The monoisotopic (exact) mass is 258 g/mol. The lowest BCUT2D eigenvalue weighted by Gasteiger charge is -2.21. The molecule has 1 amide bonds. The van der Waals surface area contributed by atoms with Crippen LogP contribution in [-0.4, -0.2) is 61.3 Å². The summed E-state index contributed by atoms with van der Waals surface area (Å²) in [5.74, 6) is -0.483. The molecule has 1 atom stereocenters. The number of methoxy groups -OCH3 is 1. The van der Waals surface area contributed by atoms with E-state index in [1.807, 2.05) is 6.92 Å². The summed E-state index contributed by atoms with van der Waals surface area (Å²) in [7, 11) is 1.58. The van der Waals surface area contributed by atoms with Gasteiger partial charge in [0.05, 0.1) is 19.7 Å². The van der Waals surface area contributed by atoms with E-state index in [0.29, 0.717) is 19.1 Å². The van der Waals surface area contributed by atoms with Gasteiger partial charge in [-0.3, -0.25) is 14.5 Å². The van der Waals surface area contributed by atoms with Crippen LogP contribution in [-0.2, 0) is 14.3 Å². The highest BCUT2D eigenvalue weighted by Gasteiger charge is 2.26. The third-order valence-corrected chi connectivity index (χ3v) is 2.76. The third-order valence-electron chi connectivity index (χ3n) is 2.76. The molecular formula is C12H22N2O4. The lowest BCUT2D eigenvalue weighted by molar-refractivity contribution is -0.138. The van der Waals surface area contributed by atoms with Crippen LogP contribution in [0.5, 0.6) is 0 Å². The van der Waals surface area contributed by atoms with Gasteiger partial charge in [0, 0.05) is 19.7 Å². The Morgan fingerprint density at radius 1 is 1.44 bits per heavy atom. The molecule has 0 saturated heterocycles. The van der Waals surface area contributed by atoms with E-state index >= 15 is 0 Å². The molecule has 1 saturated carbocycles. The van der Waals surface area contributed by atoms with Gasteiger partial charge in [-0.15, -0.1) is 0 Å². The smallest absolute Gasteiger partial charge is 0.317 e. The van der Waals surface area contributed by atoms with Crippen molar-refractivity contribution in [2.75, 3.05) is 33.4 Å². The number of carbonyl (C=O) groups excluding carboxylic acids is 1. The zero-order valence-corrected chi connectivity index (χ0v) is 11.0. The summed E-state index contributed by atoms with van der Waals surface area (Å²) >= 11 is 0. The van der Waals surface area contributed by atoms with Crippen molar-refractivity contribution in [3.63, 3.8) is 0 Å². The van der Waals surface area contributed by atoms with Crippen LogP contribution >= 0.6 is 0 Å². The number of amides is 1. The summed E-state index contributed by atoms with van der Waals surface area (Å²) in [4.78, 5) is 24.1. The Labute approximate surface area is 107 Å². The van der Waals surface area contributed by atoms with Gasteiger partial charge < -0.3 is 15.2 Å². The minimum atomic E-state index is -0.895. The summed E-state index contributed by atoms with van der Waals surface area (Å²) in [5, 5.41) is 11.6. The first-order valence-electron chi connectivity index (χ1n) is 6.23. The maximum Gasteiger partial charge on any atom is 0.317 e. The summed E-state index contributed by atoms with van der Waals surface area (Å²) in [6.07, 6.45) is 2.27. The Morgan fingerprint density at radius 3 is 2.61 bits per heavy atom. The number of carboxylic acids is 1. The SMILES string of the molecule is COCC(C)NC(=O)CN(CC(=O)O)CC1CC1. The predicted octanol–water partition coefficient (Wildman–Crippen LogP) is -0.0659. The zero-order chi connectivity index (χ0) is 13.5. The Morgan fingerprint density at radius 2 is 2.11 bits per heavy atom. The second-order valence-corrected chi connectivity index (χ2v) is 4.93. The normalized spacial score (nSPS) is 16.6. The van der Waals surface area contributed by atoms with E-state index in [4.69, 9.17) is 9.84 Å². The maximum atomic E-state index is 11.7. The van der Waals surface area contributed by atoms with E-state index in [-0.39, 0.29) is 25.0 Å². The van der Waals surface area contributed by atoms with Crippen molar-refractivity contribution in [1.29, 1.82) is 0 Å². The number of nitrogens with one attached hydrogen (secondary N) is 1.